The lowest BCUT2D eigenvalue weighted by molar-refractivity contribution is -0.122. The summed E-state index contributed by atoms with van der Waals surface area (Å²) in [7, 11) is 0. The molecule has 7 heteroatoms. The lowest BCUT2D eigenvalue weighted by atomic mass is 10.2. The first-order valence-electron chi connectivity index (χ1n) is 8.07. The highest BCUT2D eigenvalue weighted by Crippen LogP contribution is 2.31. The molecule has 1 N–H and O–H groups in total. The van der Waals surface area contributed by atoms with E-state index < -0.39 is 0 Å². The molecular formula is C19H17N3O3S. The highest BCUT2D eigenvalue weighted by molar-refractivity contribution is 8.18. The highest BCUT2D eigenvalue weighted by atomic mass is 32.2. The molecule has 0 spiro atoms. The molecule has 0 aliphatic carbocycles. The van der Waals surface area contributed by atoms with Crippen LogP contribution in [0.5, 0.6) is 0 Å². The normalized spacial score (nSPS) is 15.6. The largest absolute Gasteiger partial charge is 0.349 e. The van der Waals surface area contributed by atoms with E-state index in [4.69, 9.17) is 0 Å². The zero-order valence-corrected chi connectivity index (χ0v) is 15.0. The monoisotopic (exact) mass is 367 g/mol. The van der Waals surface area contributed by atoms with Crippen LogP contribution in [0.15, 0.2) is 53.4 Å². The Morgan fingerprint density at radius 1 is 1.15 bits per heavy atom. The van der Waals surface area contributed by atoms with Gasteiger partial charge < -0.3 is 5.32 Å². The molecule has 2 heterocycles. The van der Waals surface area contributed by atoms with Gasteiger partial charge in [-0.15, -0.1) is 0 Å². The smallest absolute Gasteiger partial charge is 0.293 e. The van der Waals surface area contributed by atoms with E-state index in [1.807, 2.05) is 30.3 Å². The Kier molecular flexibility index (Phi) is 5.48. The number of imide groups is 1. The first-order chi connectivity index (χ1) is 12.5. The van der Waals surface area contributed by atoms with Crippen LogP contribution in [0.1, 0.15) is 21.7 Å². The quantitative estimate of drug-likeness (QED) is 0.822. The number of amides is 3. The molecule has 0 unspecified atom stereocenters. The van der Waals surface area contributed by atoms with Crippen molar-refractivity contribution < 1.29 is 14.4 Å². The van der Waals surface area contributed by atoms with Crippen LogP contribution in [0.4, 0.5) is 4.79 Å². The van der Waals surface area contributed by atoms with Crippen molar-refractivity contribution in [1.29, 1.82) is 0 Å². The molecule has 3 amide bonds. The number of hydrogen-bond acceptors (Lipinski definition) is 5. The molecule has 2 aromatic rings. The first-order valence-corrected chi connectivity index (χ1v) is 8.88. The van der Waals surface area contributed by atoms with Crippen LogP contribution < -0.4 is 5.32 Å². The minimum Gasteiger partial charge on any atom is -0.349 e. The number of aryl methyl sites for hydroxylation is 1. The minimum absolute atomic E-state index is 0.119. The number of rotatable bonds is 5. The van der Waals surface area contributed by atoms with Gasteiger partial charge in [-0.1, -0.05) is 36.4 Å². The second kappa shape index (κ2) is 7.97. The Bertz CT molecular complexity index is 881. The second-order valence-electron chi connectivity index (χ2n) is 5.66. The fourth-order valence-electron chi connectivity index (χ4n) is 2.43. The summed E-state index contributed by atoms with van der Waals surface area (Å²) in [5, 5.41) is 2.35. The number of aromatic nitrogens is 1. The van der Waals surface area contributed by atoms with Gasteiger partial charge in [0.2, 0.25) is 0 Å². The average Bonchev–Trinajstić information content (AvgIpc) is 2.90. The standard InChI is InChI=1S/C19H17N3O3S/c1-13-6-5-9-15(21-13)17(23)20-10-11-22-18(24)16(26-19(22)25)12-14-7-3-2-4-8-14/h2-9,12H,10-11H2,1H3,(H,20,23)/b16-12-. The van der Waals surface area contributed by atoms with Crippen LogP contribution >= 0.6 is 11.8 Å². The van der Waals surface area contributed by atoms with E-state index in [0.29, 0.717) is 10.6 Å². The van der Waals surface area contributed by atoms with Gasteiger partial charge in [-0.25, -0.2) is 4.98 Å². The van der Waals surface area contributed by atoms with Crippen molar-refractivity contribution in [2.45, 2.75) is 6.92 Å². The maximum absolute atomic E-state index is 12.4. The van der Waals surface area contributed by atoms with Crippen molar-refractivity contribution in [3.63, 3.8) is 0 Å². The third kappa shape index (κ3) is 4.18. The van der Waals surface area contributed by atoms with Crippen LogP contribution in [0.3, 0.4) is 0 Å². The van der Waals surface area contributed by atoms with E-state index in [1.165, 1.54) is 0 Å². The van der Waals surface area contributed by atoms with Gasteiger partial charge in [-0.05, 0) is 42.5 Å². The number of nitrogens with one attached hydrogen (secondary N) is 1. The summed E-state index contributed by atoms with van der Waals surface area (Å²) in [4.78, 5) is 42.2. The molecule has 6 nitrogen and oxygen atoms in total. The van der Waals surface area contributed by atoms with Crippen molar-refractivity contribution in [2.24, 2.45) is 0 Å². The number of carbonyl (C=O) groups is 3. The van der Waals surface area contributed by atoms with Crippen LogP contribution in [0.25, 0.3) is 6.08 Å². The fourth-order valence-corrected chi connectivity index (χ4v) is 3.30. The lowest BCUT2D eigenvalue weighted by Gasteiger charge is -2.12. The molecule has 1 aromatic heterocycles. The van der Waals surface area contributed by atoms with E-state index in [2.05, 4.69) is 10.3 Å². The van der Waals surface area contributed by atoms with Crippen molar-refractivity contribution in [2.75, 3.05) is 13.1 Å². The molecule has 132 valence electrons. The van der Waals surface area contributed by atoms with Crippen LogP contribution in [0.2, 0.25) is 0 Å². The molecule has 1 fully saturated rings. The first kappa shape index (κ1) is 17.9. The molecule has 0 atom stereocenters. The number of benzene rings is 1. The molecule has 0 bridgehead atoms. The van der Waals surface area contributed by atoms with Gasteiger partial charge in [-0.3, -0.25) is 19.3 Å². The molecule has 3 rings (SSSR count). The summed E-state index contributed by atoms with van der Waals surface area (Å²) < 4.78 is 0. The van der Waals surface area contributed by atoms with E-state index >= 15 is 0 Å². The summed E-state index contributed by atoms with van der Waals surface area (Å²) in [6.07, 6.45) is 1.69. The maximum Gasteiger partial charge on any atom is 0.293 e. The molecule has 1 aliphatic rings. The molecule has 0 saturated carbocycles. The molecule has 1 aliphatic heterocycles. The van der Waals surface area contributed by atoms with E-state index in [9.17, 15) is 14.4 Å². The predicted molar refractivity (Wildman–Crippen MR) is 100 cm³/mol. The predicted octanol–water partition coefficient (Wildman–Crippen LogP) is 2.86. The fraction of sp³-hybridized carbons (Fsp3) is 0.158. The summed E-state index contributed by atoms with van der Waals surface area (Å²) in [6, 6.07) is 14.5. The van der Waals surface area contributed by atoms with Gasteiger partial charge in [0.15, 0.2) is 0 Å². The number of carbonyl (C=O) groups excluding carboxylic acids is 3. The lowest BCUT2D eigenvalue weighted by Crippen LogP contribution is -2.37. The Hall–Kier alpha value is -2.93. The number of nitrogens with zero attached hydrogens (tertiary/aromatic N) is 2. The van der Waals surface area contributed by atoms with E-state index in [-0.39, 0.29) is 30.1 Å². The van der Waals surface area contributed by atoms with Gasteiger partial charge >= 0.3 is 0 Å². The van der Waals surface area contributed by atoms with Gasteiger partial charge in [0.25, 0.3) is 17.1 Å². The topological polar surface area (TPSA) is 79.4 Å². The third-order valence-corrected chi connectivity index (χ3v) is 4.62. The number of hydrogen-bond donors (Lipinski definition) is 1. The van der Waals surface area contributed by atoms with Crippen molar-refractivity contribution in [3.8, 4) is 0 Å². The van der Waals surface area contributed by atoms with E-state index in [0.717, 1.165) is 27.9 Å². The molecule has 0 radical (unpaired) electrons. The summed E-state index contributed by atoms with van der Waals surface area (Å²) in [5.41, 5.74) is 1.91. The second-order valence-corrected chi connectivity index (χ2v) is 6.66. The van der Waals surface area contributed by atoms with Gasteiger partial charge in [-0.2, -0.15) is 0 Å². The molecular weight excluding hydrogens is 350 g/mol. The molecule has 1 saturated heterocycles. The van der Waals surface area contributed by atoms with Crippen molar-refractivity contribution in [1.82, 2.24) is 15.2 Å². The SMILES string of the molecule is Cc1cccc(C(=O)NCCN2C(=O)S/C(=C\c3ccccc3)C2=O)n1. The van der Waals surface area contributed by atoms with Gasteiger partial charge in [0, 0.05) is 18.8 Å². The van der Waals surface area contributed by atoms with Crippen LogP contribution in [0, 0.1) is 6.92 Å². The Morgan fingerprint density at radius 3 is 2.65 bits per heavy atom. The third-order valence-electron chi connectivity index (χ3n) is 3.71. The Morgan fingerprint density at radius 2 is 1.92 bits per heavy atom. The van der Waals surface area contributed by atoms with Gasteiger partial charge in [0.05, 0.1) is 4.91 Å². The van der Waals surface area contributed by atoms with Crippen molar-refractivity contribution in [3.05, 3.63) is 70.4 Å². The zero-order chi connectivity index (χ0) is 18.5. The molecule has 26 heavy (non-hydrogen) atoms. The van der Waals surface area contributed by atoms with Gasteiger partial charge in [0.1, 0.15) is 5.69 Å². The Balaban J connectivity index is 1.58. The van der Waals surface area contributed by atoms with Crippen molar-refractivity contribution >= 4 is 34.9 Å². The number of thioether (sulfide) groups is 1. The highest BCUT2D eigenvalue weighted by Gasteiger charge is 2.34. The average molecular weight is 367 g/mol. The zero-order valence-electron chi connectivity index (χ0n) is 14.1. The summed E-state index contributed by atoms with van der Waals surface area (Å²) >= 11 is 0.907. The van der Waals surface area contributed by atoms with Crippen LogP contribution in [-0.2, 0) is 4.79 Å². The molecule has 1 aromatic carbocycles. The number of pyridine rings is 1. The van der Waals surface area contributed by atoms with Crippen LogP contribution in [-0.4, -0.2) is 40.0 Å². The summed E-state index contributed by atoms with van der Waals surface area (Å²) in [6.45, 7) is 2.09. The Labute approximate surface area is 155 Å². The maximum atomic E-state index is 12.4. The minimum atomic E-state index is -0.341. The summed E-state index contributed by atoms with van der Waals surface area (Å²) in [5.74, 6) is -0.674. The van der Waals surface area contributed by atoms with E-state index in [1.54, 1.807) is 31.2 Å².